The molecule has 0 saturated heterocycles. The molecule has 0 amide bonds. The molecule has 0 N–H and O–H groups in total. The Balaban J connectivity index is 3.40. The summed E-state index contributed by atoms with van der Waals surface area (Å²) in [5.74, 6) is 0. The summed E-state index contributed by atoms with van der Waals surface area (Å²) >= 11 is 28.2. The number of alkyl halides is 3. The second kappa shape index (κ2) is 6.68. The van der Waals surface area contributed by atoms with Gasteiger partial charge in [0.1, 0.15) is 2.14 Å². The van der Waals surface area contributed by atoms with Gasteiger partial charge in [-0.15, -0.1) is 0 Å². The van der Waals surface area contributed by atoms with Crippen LogP contribution in [0.1, 0.15) is 5.56 Å². The molecule has 0 aliphatic carbocycles. The van der Waals surface area contributed by atoms with Gasteiger partial charge in [-0.1, -0.05) is 47.8 Å². The zero-order chi connectivity index (χ0) is 12.7. The largest absolute Gasteiger partial charge is 0.139 e. The van der Waals surface area contributed by atoms with E-state index in [1.54, 1.807) is 0 Å². The normalized spacial score (nSPS) is 12.0. The second-order valence-electron chi connectivity index (χ2n) is 2.84. The standard InChI is InChI=1S/C8H2Br8/c9-3-2(1-8(14,15)16)4(10)6(12)7(13)5(3)11/h1H2. The van der Waals surface area contributed by atoms with Crippen LogP contribution in [0.5, 0.6) is 0 Å². The topological polar surface area (TPSA) is 0 Å². The zero-order valence-electron chi connectivity index (χ0n) is 7.23. The first-order valence-corrected chi connectivity index (χ1v) is 10.1. The summed E-state index contributed by atoms with van der Waals surface area (Å²) in [6.45, 7) is 0. The maximum atomic E-state index is 3.58. The SMILES string of the molecule is Brc1c(Br)c(Br)c(CC(Br)(Br)Br)c(Br)c1Br. The predicted octanol–water partition coefficient (Wildman–Crippen LogP) is 7.88. The van der Waals surface area contributed by atoms with Gasteiger partial charge in [0.15, 0.2) is 0 Å². The van der Waals surface area contributed by atoms with E-state index in [1.807, 2.05) is 0 Å². The lowest BCUT2D eigenvalue weighted by molar-refractivity contribution is 1.06. The molecule has 0 bridgehead atoms. The molecule has 1 aromatic carbocycles. The van der Waals surface area contributed by atoms with Gasteiger partial charge in [-0.25, -0.2) is 0 Å². The predicted molar refractivity (Wildman–Crippen MR) is 98.2 cm³/mol. The third-order valence-corrected chi connectivity index (χ3v) is 8.78. The molecule has 8 heteroatoms. The van der Waals surface area contributed by atoms with Crippen molar-refractivity contribution in [3.05, 3.63) is 27.9 Å². The summed E-state index contributed by atoms with van der Waals surface area (Å²) in [4.78, 5) is 0. The Hall–Kier alpha value is 3.06. The Morgan fingerprint density at radius 3 is 1.25 bits per heavy atom. The number of hydrogen-bond donors (Lipinski definition) is 0. The Kier molecular flexibility index (Phi) is 7.14. The van der Waals surface area contributed by atoms with Crippen LogP contribution in [0, 0.1) is 0 Å². The lowest BCUT2D eigenvalue weighted by atomic mass is 10.2. The molecule has 90 valence electrons. The quantitative estimate of drug-likeness (QED) is 0.157. The molecule has 0 radical (unpaired) electrons. The molecule has 0 heterocycles. The minimum absolute atomic E-state index is 0.315. The average molecular weight is 737 g/mol. The molecular formula is C8H2Br8. The van der Waals surface area contributed by atoms with E-state index in [0.717, 1.165) is 34.3 Å². The first kappa shape index (κ1) is 17.1. The van der Waals surface area contributed by atoms with Crippen molar-refractivity contribution in [3.8, 4) is 0 Å². The van der Waals surface area contributed by atoms with Crippen LogP contribution in [0.2, 0.25) is 0 Å². The number of rotatable bonds is 1. The highest BCUT2D eigenvalue weighted by Crippen LogP contribution is 2.48. The first-order chi connectivity index (χ1) is 7.15. The molecule has 0 spiro atoms. The van der Waals surface area contributed by atoms with E-state index < -0.39 is 0 Å². The summed E-state index contributed by atoms with van der Waals surface area (Å²) in [6.07, 6.45) is 0.749. The Morgan fingerprint density at radius 1 is 0.625 bits per heavy atom. The van der Waals surface area contributed by atoms with Crippen molar-refractivity contribution >= 4 is 127 Å². The van der Waals surface area contributed by atoms with E-state index in [0.29, 0.717) is 0 Å². The monoisotopic (exact) mass is 729 g/mol. The van der Waals surface area contributed by atoms with Crippen LogP contribution in [0.3, 0.4) is 0 Å². The van der Waals surface area contributed by atoms with Crippen LogP contribution >= 0.6 is 127 Å². The van der Waals surface area contributed by atoms with Crippen molar-refractivity contribution in [1.82, 2.24) is 0 Å². The van der Waals surface area contributed by atoms with Crippen molar-refractivity contribution in [1.29, 1.82) is 0 Å². The van der Waals surface area contributed by atoms with Crippen LogP contribution in [0.25, 0.3) is 0 Å². The third kappa shape index (κ3) is 4.28. The summed E-state index contributed by atoms with van der Waals surface area (Å²) in [5, 5.41) is 0. The van der Waals surface area contributed by atoms with E-state index in [9.17, 15) is 0 Å². The van der Waals surface area contributed by atoms with Gasteiger partial charge in [0.25, 0.3) is 0 Å². The fraction of sp³-hybridized carbons (Fsp3) is 0.250. The summed E-state index contributed by atoms with van der Waals surface area (Å²) < 4.78 is 4.64. The maximum Gasteiger partial charge on any atom is 0.139 e. The highest BCUT2D eigenvalue weighted by atomic mass is 80.0. The molecular weight excluding hydrogens is 735 g/mol. The molecule has 0 unspecified atom stereocenters. The van der Waals surface area contributed by atoms with Gasteiger partial charge in [-0.05, 0) is 85.2 Å². The fourth-order valence-corrected chi connectivity index (χ4v) is 5.26. The van der Waals surface area contributed by atoms with E-state index >= 15 is 0 Å². The highest BCUT2D eigenvalue weighted by molar-refractivity contribution is 9.39. The van der Waals surface area contributed by atoms with Gasteiger partial charge in [0.2, 0.25) is 0 Å². The van der Waals surface area contributed by atoms with Crippen LogP contribution in [0.15, 0.2) is 22.4 Å². The van der Waals surface area contributed by atoms with Gasteiger partial charge < -0.3 is 0 Å². The van der Waals surface area contributed by atoms with Crippen molar-refractivity contribution in [3.63, 3.8) is 0 Å². The number of halogens is 8. The highest BCUT2D eigenvalue weighted by Gasteiger charge is 2.25. The van der Waals surface area contributed by atoms with Crippen molar-refractivity contribution in [2.75, 3.05) is 0 Å². The van der Waals surface area contributed by atoms with E-state index in [1.165, 1.54) is 0 Å². The molecule has 1 rings (SSSR count). The summed E-state index contributed by atoms with van der Waals surface area (Å²) in [5.41, 5.74) is 1.13. The second-order valence-corrected chi connectivity index (χ2v) is 14.1. The van der Waals surface area contributed by atoms with Crippen LogP contribution in [-0.4, -0.2) is 2.14 Å². The third-order valence-electron chi connectivity index (χ3n) is 1.68. The molecule has 0 aromatic heterocycles. The molecule has 0 saturated carbocycles. The van der Waals surface area contributed by atoms with Crippen molar-refractivity contribution in [2.45, 2.75) is 8.56 Å². The van der Waals surface area contributed by atoms with E-state index in [-0.39, 0.29) is 2.14 Å². The smallest absolute Gasteiger partial charge is 0.0596 e. The molecule has 16 heavy (non-hydrogen) atoms. The Bertz CT molecular complexity index is 390. The summed E-state index contributed by atoms with van der Waals surface area (Å²) in [6, 6.07) is 0. The average Bonchev–Trinajstić information content (AvgIpc) is 2.17. The maximum absolute atomic E-state index is 3.58. The summed E-state index contributed by atoms with van der Waals surface area (Å²) in [7, 11) is 0. The van der Waals surface area contributed by atoms with Gasteiger partial charge in [-0.2, -0.15) is 0 Å². The van der Waals surface area contributed by atoms with Crippen LogP contribution < -0.4 is 0 Å². The molecule has 0 aliphatic rings. The van der Waals surface area contributed by atoms with Crippen LogP contribution in [0.4, 0.5) is 0 Å². The lowest BCUT2D eigenvalue weighted by Crippen LogP contribution is -2.06. The van der Waals surface area contributed by atoms with Gasteiger partial charge in [-0.3, -0.25) is 0 Å². The lowest BCUT2D eigenvalue weighted by Gasteiger charge is -2.18. The van der Waals surface area contributed by atoms with Gasteiger partial charge in [0.05, 0.1) is 0 Å². The van der Waals surface area contributed by atoms with Gasteiger partial charge in [0, 0.05) is 28.8 Å². The first-order valence-electron chi connectivity index (χ1n) is 3.72. The molecule has 0 fully saturated rings. The minimum atomic E-state index is -0.315. The fourth-order valence-electron chi connectivity index (χ4n) is 1.01. The van der Waals surface area contributed by atoms with E-state index in [2.05, 4.69) is 127 Å². The van der Waals surface area contributed by atoms with Crippen molar-refractivity contribution < 1.29 is 0 Å². The molecule has 0 aliphatic heterocycles. The zero-order valence-corrected chi connectivity index (χ0v) is 19.9. The van der Waals surface area contributed by atoms with Gasteiger partial charge >= 0.3 is 0 Å². The minimum Gasteiger partial charge on any atom is -0.0596 e. The molecule has 0 nitrogen and oxygen atoms in total. The number of hydrogen-bond acceptors (Lipinski definition) is 0. The molecule has 0 atom stereocenters. The van der Waals surface area contributed by atoms with E-state index in [4.69, 9.17) is 0 Å². The molecule has 1 aromatic rings. The number of benzene rings is 1. The van der Waals surface area contributed by atoms with Crippen LogP contribution in [-0.2, 0) is 6.42 Å². The Labute approximate surface area is 161 Å². The van der Waals surface area contributed by atoms with Crippen molar-refractivity contribution in [2.24, 2.45) is 0 Å². The Morgan fingerprint density at radius 2 is 0.938 bits per heavy atom.